The van der Waals surface area contributed by atoms with E-state index in [-0.39, 0.29) is 11.8 Å². The van der Waals surface area contributed by atoms with E-state index in [9.17, 15) is 14.4 Å². The fraction of sp³-hybridized carbons (Fsp3) is 0.500. The number of hydrogen-bond donors (Lipinski definition) is 1. The molecule has 0 unspecified atom stereocenters. The Bertz CT molecular complexity index is 565. The number of aryl methyl sites for hydroxylation is 1. The molecule has 24 heavy (non-hydrogen) atoms. The van der Waals surface area contributed by atoms with Crippen LogP contribution in [0, 0.1) is 0 Å². The predicted molar refractivity (Wildman–Crippen MR) is 89.8 cm³/mol. The maximum absolute atomic E-state index is 12.3. The monoisotopic (exact) mass is 332 g/mol. The molecule has 1 aromatic carbocycles. The van der Waals surface area contributed by atoms with Crippen LogP contribution in [0.25, 0.3) is 0 Å². The van der Waals surface area contributed by atoms with Crippen LogP contribution in [0.4, 0.5) is 0 Å². The Morgan fingerprint density at radius 3 is 2.54 bits per heavy atom. The Labute approximate surface area is 142 Å². The van der Waals surface area contributed by atoms with E-state index in [2.05, 4.69) is 5.32 Å². The molecule has 1 fully saturated rings. The molecule has 0 radical (unpaired) electrons. The summed E-state index contributed by atoms with van der Waals surface area (Å²) in [6.07, 6.45) is 2.55. The van der Waals surface area contributed by atoms with Gasteiger partial charge in [0, 0.05) is 25.1 Å². The van der Waals surface area contributed by atoms with Crippen LogP contribution in [0.1, 0.15) is 35.7 Å². The highest BCUT2D eigenvalue weighted by atomic mass is 16.5. The quantitative estimate of drug-likeness (QED) is 0.761. The number of nitrogens with one attached hydrogen (secondary N) is 1. The van der Waals surface area contributed by atoms with Gasteiger partial charge in [0.2, 0.25) is 5.91 Å². The Morgan fingerprint density at radius 2 is 1.92 bits per heavy atom. The number of benzene rings is 1. The van der Waals surface area contributed by atoms with Crippen LogP contribution >= 0.6 is 0 Å². The maximum Gasteiger partial charge on any atom is 0.254 e. The van der Waals surface area contributed by atoms with Gasteiger partial charge in [-0.05, 0) is 37.5 Å². The van der Waals surface area contributed by atoms with Crippen molar-refractivity contribution in [3.05, 3.63) is 35.4 Å². The average Bonchev–Trinajstić information content (AvgIpc) is 2.62. The molecule has 0 spiro atoms. The summed E-state index contributed by atoms with van der Waals surface area (Å²) in [4.78, 5) is 36.2. The minimum atomic E-state index is -0.442. The van der Waals surface area contributed by atoms with Crippen LogP contribution in [-0.2, 0) is 20.7 Å². The molecule has 6 heteroatoms. The van der Waals surface area contributed by atoms with Gasteiger partial charge in [-0.25, -0.2) is 0 Å². The smallest absolute Gasteiger partial charge is 0.254 e. The average molecular weight is 332 g/mol. The number of aldehydes is 1. The molecule has 6 nitrogen and oxygen atoms in total. The zero-order valence-electron chi connectivity index (χ0n) is 14.0. The van der Waals surface area contributed by atoms with Crippen molar-refractivity contribution in [2.45, 2.75) is 32.2 Å². The van der Waals surface area contributed by atoms with Gasteiger partial charge in [0.15, 0.2) is 0 Å². The van der Waals surface area contributed by atoms with Crippen molar-refractivity contribution in [3.63, 3.8) is 0 Å². The van der Waals surface area contributed by atoms with Crippen LogP contribution in [0.3, 0.4) is 0 Å². The molecule has 0 saturated carbocycles. The fourth-order valence-electron chi connectivity index (χ4n) is 2.58. The number of carbonyl (C=O) groups is 3. The first-order chi connectivity index (χ1) is 11.6. The van der Waals surface area contributed by atoms with E-state index in [1.54, 1.807) is 11.8 Å². The summed E-state index contributed by atoms with van der Waals surface area (Å²) in [6, 6.07) is 7.09. The van der Waals surface area contributed by atoms with E-state index in [4.69, 9.17) is 4.74 Å². The van der Waals surface area contributed by atoms with Gasteiger partial charge in [0.1, 0.15) is 6.29 Å². The molecule has 1 aliphatic rings. The zero-order chi connectivity index (χ0) is 17.4. The van der Waals surface area contributed by atoms with Crippen LogP contribution in [0.5, 0.6) is 0 Å². The summed E-state index contributed by atoms with van der Waals surface area (Å²) in [5.74, 6) is -0.0826. The Hall–Kier alpha value is -2.21. The summed E-state index contributed by atoms with van der Waals surface area (Å²) in [5.41, 5.74) is 1.77. The number of amides is 2. The number of nitrogens with zero attached hydrogens (tertiary/aromatic N) is 1. The minimum Gasteiger partial charge on any atom is -0.378 e. The van der Waals surface area contributed by atoms with Crippen molar-refractivity contribution in [1.82, 2.24) is 10.2 Å². The van der Waals surface area contributed by atoms with E-state index in [1.165, 1.54) is 0 Å². The lowest BCUT2D eigenvalue weighted by molar-refractivity contribution is -0.123. The maximum atomic E-state index is 12.3. The third-order valence-electron chi connectivity index (χ3n) is 3.96. The van der Waals surface area contributed by atoms with E-state index in [1.807, 2.05) is 24.3 Å². The first-order valence-corrected chi connectivity index (χ1v) is 8.31. The first-order valence-electron chi connectivity index (χ1n) is 8.31. The summed E-state index contributed by atoms with van der Waals surface area (Å²) in [7, 11) is 0. The number of rotatable bonds is 7. The number of ether oxygens (including phenoxy) is 1. The van der Waals surface area contributed by atoms with Crippen LogP contribution in [0.2, 0.25) is 0 Å². The lowest BCUT2D eigenvalue weighted by Crippen LogP contribution is -2.40. The van der Waals surface area contributed by atoms with Crippen molar-refractivity contribution in [1.29, 1.82) is 0 Å². The first kappa shape index (κ1) is 18.1. The molecule has 2 rings (SSSR count). The highest BCUT2D eigenvalue weighted by Crippen LogP contribution is 2.11. The second kappa shape index (κ2) is 9.17. The van der Waals surface area contributed by atoms with Crippen LogP contribution in [-0.4, -0.2) is 55.3 Å². The molecule has 1 aliphatic heterocycles. The van der Waals surface area contributed by atoms with Gasteiger partial charge in [-0.2, -0.15) is 0 Å². The molecule has 1 atom stereocenters. The molecular formula is C18H24N2O4. The molecule has 0 bridgehead atoms. The normalized spacial score (nSPS) is 15.6. The molecule has 1 saturated heterocycles. The third kappa shape index (κ3) is 5.45. The molecule has 1 aromatic rings. The molecule has 1 heterocycles. The topological polar surface area (TPSA) is 75.7 Å². The van der Waals surface area contributed by atoms with Gasteiger partial charge in [0.05, 0.1) is 19.3 Å². The second-order valence-electron chi connectivity index (χ2n) is 5.95. The summed E-state index contributed by atoms with van der Waals surface area (Å²) in [6.45, 7) is 4.10. The fourth-order valence-corrected chi connectivity index (χ4v) is 2.58. The van der Waals surface area contributed by atoms with Gasteiger partial charge in [0.25, 0.3) is 5.91 Å². The minimum absolute atomic E-state index is 0.0343. The molecule has 130 valence electrons. The highest BCUT2D eigenvalue weighted by molar-refractivity contribution is 5.94. The van der Waals surface area contributed by atoms with E-state index in [0.717, 1.165) is 12.0 Å². The van der Waals surface area contributed by atoms with Crippen molar-refractivity contribution in [3.8, 4) is 0 Å². The number of hydrogen-bond acceptors (Lipinski definition) is 4. The third-order valence-corrected chi connectivity index (χ3v) is 3.96. The Kier molecular flexibility index (Phi) is 6.93. The van der Waals surface area contributed by atoms with E-state index < -0.39 is 6.04 Å². The molecular weight excluding hydrogens is 308 g/mol. The van der Waals surface area contributed by atoms with Gasteiger partial charge in [-0.3, -0.25) is 9.59 Å². The van der Waals surface area contributed by atoms with Crippen molar-refractivity contribution >= 4 is 18.1 Å². The SMILES string of the molecule is C[C@@H](C=O)NC(=O)CCCc1ccc(C(=O)N2CCOCC2)cc1. The lowest BCUT2D eigenvalue weighted by atomic mass is 10.1. The van der Waals surface area contributed by atoms with Gasteiger partial charge >= 0.3 is 0 Å². The molecule has 0 aliphatic carbocycles. The summed E-state index contributed by atoms with van der Waals surface area (Å²) < 4.78 is 5.25. The van der Waals surface area contributed by atoms with Gasteiger partial charge < -0.3 is 19.7 Å². The largest absolute Gasteiger partial charge is 0.378 e. The van der Waals surface area contributed by atoms with E-state index in [0.29, 0.717) is 51.0 Å². The van der Waals surface area contributed by atoms with Crippen LogP contribution < -0.4 is 5.32 Å². The molecule has 1 N–H and O–H groups in total. The van der Waals surface area contributed by atoms with Crippen molar-refractivity contribution in [2.75, 3.05) is 26.3 Å². The summed E-state index contributed by atoms with van der Waals surface area (Å²) in [5, 5.41) is 2.61. The lowest BCUT2D eigenvalue weighted by Gasteiger charge is -2.26. The Balaban J connectivity index is 1.78. The zero-order valence-corrected chi connectivity index (χ0v) is 14.0. The highest BCUT2D eigenvalue weighted by Gasteiger charge is 2.18. The molecule has 0 aromatic heterocycles. The second-order valence-corrected chi connectivity index (χ2v) is 5.95. The predicted octanol–water partition coefficient (Wildman–Crippen LogP) is 1.19. The van der Waals surface area contributed by atoms with Crippen molar-refractivity contribution < 1.29 is 19.1 Å². The van der Waals surface area contributed by atoms with Crippen LogP contribution in [0.15, 0.2) is 24.3 Å². The van der Waals surface area contributed by atoms with Crippen molar-refractivity contribution in [2.24, 2.45) is 0 Å². The number of carbonyl (C=O) groups excluding carboxylic acids is 3. The molecule has 2 amide bonds. The van der Waals surface area contributed by atoms with Gasteiger partial charge in [-0.15, -0.1) is 0 Å². The Morgan fingerprint density at radius 1 is 1.25 bits per heavy atom. The standard InChI is InChI=1S/C18H24N2O4/c1-14(13-21)19-17(22)4-2-3-15-5-7-16(8-6-15)18(23)20-9-11-24-12-10-20/h5-8,13-14H,2-4,9-12H2,1H3,(H,19,22)/t14-/m0/s1. The van der Waals surface area contributed by atoms with Gasteiger partial charge in [-0.1, -0.05) is 12.1 Å². The van der Waals surface area contributed by atoms with E-state index >= 15 is 0 Å². The summed E-state index contributed by atoms with van der Waals surface area (Å²) >= 11 is 0. The number of morpholine rings is 1.